The molecule has 0 aliphatic heterocycles. The molecule has 0 aliphatic rings. The van der Waals surface area contributed by atoms with E-state index in [-0.39, 0.29) is 33.3 Å². The summed E-state index contributed by atoms with van der Waals surface area (Å²) < 4.78 is 36.8. The highest BCUT2D eigenvalue weighted by Crippen LogP contribution is 2.24. The van der Waals surface area contributed by atoms with E-state index < -0.39 is 22.5 Å². The number of halogens is 3. The topological polar surface area (TPSA) is 111 Å². The van der Waals surface area contributed by atoms with Crippen LogP contribution in [0.25, 0.3) is 11.5 Å². The Morgan fingerprint density at radius 3 is 2.45 bits per heavy atom. The second-order valence-electron chi connectivity index (χ2n) is 5.57. The summed E-state index contributed by atoms with van der Waals surface area (Å²) in [4.78, 5) is 11.7. The average Bonchev–Trinajstić information content (AvgIpc) is 3.16. The van der Waals surface area contributed by atoms with Crippen LogP contribution in [0.5, 0.6) is 0 Å². The molecule has 3 aromatic rings. The lowest BCUT2D eigenvalue weighted by atomic mass is 10.2. The number of benzene rings is 2. The number of carbonyl (C=O) groups excluding carboxylic acids is 1. The molecule has 12 heteroatoms. The molecule has 152 valence electrons. The van der Waals surface area contributed by atoms with Crippen molar-refractivity contribution in [3.8, 4) is 11.5 Å². The summed E-state index contributed by atoms with van der Waals surface area (Å²) >= 11 is 17.4. The van der Waals surface area contributed by atoms with Crippen molar-refractivity contribution in [2.45, 2.75) is 11.5 Å². The van der Waals surface area contributed by atoms with Crippen molar-refractivity contribution in [1.29, 1.82) is 0 Å². The minimum Gasteiger partial charge on any atom is -0.455 e. The van der Waals surface area contributed by atoms with Gasteiger partial charge in [-0.25, -0.2) is 8.42 Å². The third kappa shape index (κ3) is 5.68. The Morgan fingerprint density at radius 1 is 1.03 bits per heavy atom. The quantitative estimate of drug-likeness (QED) is 0.517. The van der Waals surface area contributed by atoms with Crippen LogP contribution in [0, 0.1) is 0 Å². The molecule has 0 saturated heterocycles. The lowest BCUT2D eigenvalue weighted by Crippen LogP contribution is -2.30. The molecule has 0 fully saturated rings. The number of rotatable bonds is 7. The first-order valence-electron chi connectivity index (χ1n) is 7.93. The summed E-state index contributed by atoms with van der Waals surface area (Å²) in [5, 5.41) is 8.46. The molecule has 8 nitrogen and oxygen atoms in total. The smallest absolute Gasteiger partial charge is 0.321 e. The molecular formula is C17H12Cl3N3O5S. The Labute approximate surface area is 180 Å². The highest BCUT2D eigenvalue weighted by Gasteiger charge is 2.18. The average molecular weight is 477 g/mol. The second kappa shape index (κ2) is 9.10. The first-order valence-corrected chi connectivity index (χ1v) is 10.5. The number of aromatic nitrogens is 2. The van der Waals surface area contributed by atoms with E-state index in [1.807, 2.05) is 0 Å². The molecule has 0 saturated carbocycles. The van der Waals surface area contributed by atoms with E-state index in [1.165, 1.54) is 18.2 Å². The summed E-state index contributed by atoms with van der Waals surface area (Å²) in [6, 6.07) is 10.5. The van der Waals surface area contributed by atoms with Gasteiger partial charge in [-0.2, -0.15) is 4.72 Å². The molecule has 1 aromatic heterocycles. The molecule has 0 spiro atoms. The zero-order valence-electron chi connectivity index (χ0n) is 14.4. The molecule has 29 heavy (non-hydrogen) atoms. The minimum absolute atomic E-state index is 0.0515. The van der Waals surface area contributed by atoms with Crippen molar-refractivity contribution < 1.29 is 22.4 Å². The molecule has 0 amide bonds. The number of sulfonamides is 1. The monoisotopic (exact) mass is 475 g/mol. The molecule has 2 aromatic carbocycles. The lowest BCUT2D eigenvalue weighted by Gasteiger charge is -2.07. The predicted molar refractivity (Wildman–Crippen MR) is 106 cm³/mol. The Kier molecular flexibility index (Phi) is 6.76. The first kappa shape index (κ1) is 21.5. The lowest BCUT2D eigenvalue weighted by molar-refractivity contribution is -0.144. The first-order chi connectivity index (χ1) is 13.7. The van der Waals surface area contributed by atoms with Crippen molar-refractivity contribution in [2.24, 2.45) is 0 Å². The number of nitrogens with zero attached hydrogens (tertiary/aromatic N) is 2. The highest BCUT2D eigenvalue weighted by molar-refractivity contribution is 7.89. The molecule has 0 radical (unpaired) electrons. The van der Waals surface area contributed by atoms with Crippen LogP contribution in [0.3, 0.4) is 0 Å². The molecule has 0 aliphatic carbocycles. The number of hydrogen-bond acceptors (Lipinski definition) is 7. The third-order valence-electron chi connectivity index (χ3n) is 3.52. The van der Waals surface area contributed by atoms with Crippen molar-refractivity contribution in [2.75, 3.05) is 6.54 Å². The summed E-state index contributed by atoms with van der Waals surface area (Å²) in [6.07, 6.45) is 0. The Bertz CT molecular complexity index is 1130. The Balaban J connectivity index is 1.53. The van der Waals surface area contributed by atoms with Gasteiger partial charge in [-0.1, -0.05) is 34.8 Å². The number of nitrogens with one attached hydrogen (secondary N) is 1. The zero-order chi connectivity index (χ0) is 21.0. The van der Waals surface area contributed by atoms with Crippen LogP contribution >= 0.6 is 34.8 Å². The zero-order valence-corrected chi connectivity index (χ0v) is 17.5. The normalized spacial score (nSPS) is 11.4. The van der Waals surface area contributed by atoms with Crippen LogP contribution in [-0.4, -0.2) is 31.1 Å². The fraction of sp³-hybridized carbons (Fsp3) is 0.118. The van der Waals surface area contributed by atoms with Gasteiger partial charge in [0.2, 0.25) is 15.9 Å². The molecule has 1 heterocycles. The van der Waals surface area contributed by atoms with Gasteiger partial charge in [0.15, 0.2) is 6.61 Å². The van der Waals surface area contributed by atoms with Gasteiger partial charge in [0, 0.05) is 10.6 Å². The SMILES string of the molecule is O=C(CNS(=O)(=O)c1ccc(Cl)c(Cl)c1)OCc1nnc(-c2ccc(Cl)cc2)o1. The molecule has 3 rings (SSSR count). The standard InChI is InChI=1S/C17H12Cl3N3O5S/c18-11-3-1-10(2-4-11)17-23-22-15(28-17)9-27-16(24)8-21-29(25,26)12-5-6-13(19)14(20)7-12/h1-7,21H,8-9H2. The molecule has 0 unspecified atom stereocenters. The molecule has 0 atom stereocenters. The number of esters is 1. The van der Waals surface area contributed by atoms with Crippen LogP contribution < -0.4 is 4.72 Å². The largest absolute Gasteiger partial charge is 0.455 e. The second-order valence-corrected chi connectivity index (χ2v) is 8.59. The summed E-state index contributed by atoms with van der Waals surface area (Å²) in [5.74, 6) is -0.552. The van der Waals surface area contributed by atoms with E-state index in [9.17, 15) is 13.2 Å². The molecule has 0 bridgehead atoms. The van der Waals surface area contributed by atoms with Gasteiger partial charge >= 0.3 is 5.97 Å². The predicted octanol–water partition coefficient (Wildman–Crippen LogP) is 3.72. The highest BCUT2D eigenvalue weighted by atomic mass is 35.5. The number of ether oxygens (including phenoxy) is 1. The van der Waals surface area contributed by atoms with Gasteiger partial charge in [0.05, 0.1) is 14.9 Å². The fourth-order valence-corrected chi connectivity index (χ4v) is 3.58. The van der Waals surface area contributed by atoms with Gasteiger partial charge < -0.3 is 9.15 Å². The van der Waals surface area contributed by atoms with Gasteiger partial charge in [-0.3, -0.25) is 4.79 Å². The van der Waals surface area contributed by atoms with Crippen molar-refractivity contribution in [3.63, 3.8) is 0 Å². The van der Waals surface area contributed by atoms with Crippen LogP contribution in [0.1, 0.15) is 5.89 Å². The van der Waals surface area contributed by atoms with Crippen molar-refractivity contribution in [3.05, 3.63) is 63.4 Å². The van der Waals surface area contributed by atoms with E-state index in [0.29, 0.717) is 10.6 Å². The van der Waals surface area contributed by atoms with Gasteiger partial charge in [-0.05, 0) is 42.5 Å². The van der Waals surface area contributed by atoms with Crippen molar-refractivity contribution >= 4 is 50.8 Å². The van der Waals surface area contributed by atoms with Gasteiger partial charge in [0.1, 0.15) is 6.54 Å². The number of carbonyl (C=O) groups is 1. The van der Waals surface area contributed by atoms with E-state index in [2.05, 4.69) is 14.9 Å². The number of hydrogen-bond donors (Lipinski definition) is 1. The van der Waals surface area contributed by atoms with E-state index in [1.54, 1.807) is 24.3 Å². The van der Waals surface area contributed by atoms with E-state index in [0.717, 1.165) is 0 Å². The van der Waals surface area contributed by atoms with Crippen LogP contribution in [0.4, 0.5) is 0 Å². The maximum atomic E-state index is 12.2. The maximum absolute atomic E-state index is 12.2. The van der Waals surface area contributed by atoms with Gasteiger partial charge in [0.25, 0.3) is 5.89 Å². The molecule has 1 N–H and O–H groups in total. The van der Waals surface area contributed by atoms with Gasteiger partial charge in [-0.15, -0.1) is 10.2 Å². The molecular weight excluding hydrogens is 465 g/mol. The van der Waals surface area contributed by atoms with E-state index in [4.69, 9.17) is 44.0 Å². The van der Waals surface area contributed by atoms with E-state index >= 15 is 0 Å². The van der Waals surface area contributed by atoms with Crippen molar-refractivity contribution in [1.82, 2.24) is 14.9 Å². The van der Waals surface area contributed by atoms with Crippen LogP contribution in [0.15, 0.2) is 51.8 Å². The van der Waals surface area contributed by atoms with Crippen LogP contribution in [0.2, 0.25) is 15.1 Å². The minimum atomic E-state index is -3.97. The summed E-state index contributed by atoms with van der Waals surface area (Å²) in [5.41, 5.74) is 0.647. The summed E-state index contributed by atoms with van der Waals surface area (Å²) in [6.45, 7) is -0.908. The maximum Gasteiger partial charge on any atom is 0.321 e. The Morgan fingerprint density at radius 2 is 1.76 bits per heavy atom. The Hall–Kier alpha value is -2.17. The summed E-state index contributed by atoms with van der Waals surface area (Å²) in [7, 11) is -3.97. The van der Waals surface area contributed by atoms with Crippen LogP contribution in [-0.2, 0) is 26.2 Å². The fourth-order valence-electron chi connectivity index (χ4n) is 2.10. The third-order valence-corrected chi connectivity index (χ3v) is 5.91.